The van der Waals surface area contributed by atoms with Gasteiger partial charge in [0.25, 0.3) is 0 Å². The second-order valence-electron chi connectivity index (χ2n) is 6.99. The van der Waals surface area contributed by atoms with Crippen molar-refractivity contribution in [2.75, 3.05) is 12.4 Å². The highest BCUT2D eigenvalue weighted by molar-refractivity contribution is 8.02. The minimum absolute atomic E-state index is 0.0129. The Morgan fingerprint density at radius 3 is 2.74 bits per heavy atom. The summed E-state index contributed by atoms with van der Waals surface area (Å²) in [7, 11) is 0. The number of hydrogen-bond donors (Lipinski definition) is 0. The number of nitrogens with zero attached hydrogens (tertiary/aromatic N) is 2. The van der Waals surface area contributed by atoms with Gasteiger partial charge in [-0.2, -0.15) is 0 Å². The summed E-state index contributed by atoms with van der Waals surface area (Å²) in [6, 6.07) is 11.5. The smallest absolute Gasteiger partial charge is 0.220 e. The molecule has 27 heavy (non-hydrogen) atoms. The first-order valence-electron chi connectivity index (χ1n) is 9.89. The Labute approximate surface area is 166 Å². The third-order valence-electron chi connectivity index (χ3n) is 4.83. The number of hydrogen-bond acceptors (Lipinski definition) is 5. The molecule has 0 saturated heterocycles. The van der Waals surface area contributed by atoms with Crippen molar-refractivity contribution in [1.82, 2.24) is 10.1 Å². The van der Waals surface area contributed by atoms with Gasteiger partial charge in [-0.3, -0.25) is 4.79 Å². The fraction of sp³-hybridized carbons (Fsp3) is 0.455. The monoisotopic (exact) mass is 384 g/mol. The predicted octanol–water partition coefficient (Wildman–Crippen LogP) is 6.12. The number of carbonyl (C=O) groups excluding carboxylic acids is 1. The minimum Gasteiger partial charge on any atom is -0.357 e. The number of aromatic nitrogens is 1. The molecule has 0 unspecified atom stereocenters. The Kier molecular flexibility index (Phi) is 7.57. The summed E-state index contributed by atoms with van der Waals surface area (Å²) in [6.45, 7) is 2.60. The summed E-state index contributed by atoms with van der Waals surface area (Å²) in [4.78, 5) is 14.8. The molecule has 1 aliphatic heterocycles. The maximum Gasteiger partial charge on any atom is 0.220 e. The van der Waals surface area contributed by atoms with Crippen LogP contribution in [0.3, 0.4) is 0 Å². The molecule has 1 aromatic carbocycles. The van der Waals surface area contributed by atoms with Gasteiger partial charge in [0.15, 0.2) is 0 Å². The van der Waals surface area contributed by atoms with Gasteiger partial charge in [0, 0.05) is 17.3 Å². The first-order valence-corrected chi connectivity index (χ1v) is 10.9. The van der Waals surface area contributed by atoms with E-state index >= 15 is 0 Å². The molecule has 1 aliphatic rings. The van der Waals surface area contributed by atoms with Crippen LogP contribution in [-0.4, -0.2) is 28.3 Å². The highest BCUT2D eigenvalue weighted by Crippen LogP contribution is 2.28. The van der Waals surface area contributed by atoms with E-state index in [2.05, 4.69) is 22.4 Å². The highest BCUT2D eigenvalue weighted by atomic mass is 32.2. The van der Waals surface area contributed by atoms with Crippen LogP contribution >= 0.6 is 11.8 Å². The summed E-state index contributed by atoms with van der Waals surface area (Å²) in [5.74, 6) is 1.17. The van der Waals surface area contributed by atoms with Gasteiger partial charge < -0.3 is 9.42 Å². The number of benzene rings is 1. The molecule has 144 valence electrons. The molecule has 0 saturated carbocycles. The van der Waals surface area contributed by atoms with Gasteiger partial charge in [-0.15, -0.1) is 11.8 Å². The van der Waals surface area contributed by atoms with Crippen LogP contribution < -0.4 is 0 Å². The fourth-order valence-corrected chi connectivity index (χ4v) is 4.21. The third kappa shape index (κ3) is 5.73. The molecule has 0 amide bonds. The molecular weight excluding hydrogens is 356 g/mol. The molecule has 0 spiro atoms. The lowest BCUT2D eigenvalue weighted by atomic mass is 10.1. The lowest BCUT2D eigenvalue weighted by Crippen LogP contribution is -2.26. The Morgan fingerprint density at radius 2 is 1.93 bits per heavy atom. The van der Waals surface area contributed by atoms with Gasteiger partial charge in [-0.05, 0) is 18.2 Å². The van der Waals surface area contributed by atoms with Gasteiger partial charge in [-0.1, -0.05) is 74.5 Å². The quantitative estimate of drug-likeness (QED) is 0.345. The van der Waals surface area contributed by atoms with E-state index < -0.39 is 0 Å². The number of thioether (sulfide) groups is 1. The van der Waals surface area contributed by atoms with Crippen molar-refractivity contribution in [2.24, 2.45) is 0 Å². The zero-order valence-corrected chi connectivity index (χ0v) is 16.8. The minimum atomic E-state index is -0.0129. The molecule has 0 atom stereocenters. The number of Topliss-reactive ketones (excluding diaryl/α,β-unsaturated/α-hetero) is 1. The van der Waals surface area contributed by atoms with Gasteiger partial charge in [0.05, 0.1) is 12.4 Å². The van der Waals surface area contributed by atoms with Gasteiger partial charge in [-0.25, -0.2) is 0 Å². The summed E-state index contributed by atoms with van der Waals surface area (Å²) in [5.41, 5.74) is 2.95. The summed E-state index contributed by atoms with van der Waals surface area (Å²) >= 11 is 1.77. The lowest BCUT2D eigenvalue weighted by Gasteiger charge is -2.20. The number of allylic oxidation sites excluding steroid dienone is 1. The summed E-state index contributed by atoms with van der Waals surface area (Å²) < 4.78 is 5.31. The molecular formula is C22H28N2O2S. The molecule has 2 aromatic rings. The average molecular weight is 385 g/mol. The van der Waals surface area contributed by atoms with Crippen LogP contribution in [0, 0.1) is 0 Å². The third-order valence-corrected chi connectivity index (χ3v) is 5.73. The molecule has 3 rings (SSSR count). The molecule has 0 bridgehead atoms. The normalized spacial score (nSPS) is 13.8. The number of ketones is 1. The molecule has 0 radical (unpaired) electrons. The number of rotatable bonds is 11. The Hall–Kier alpha value is -2.01. The van der Waals surface area contributed by atoms with Crippen molar-refractivity contribution in [1.29, 1.82) is 0 Å². The zero-order chi connectivity index (χ0) is 18.9. The highest BCUT2D eigenvalue weighted by Gasteiger charge is 2.21. The van der Waals surface area contributed by atoms with E-state index in [0.717, 1.165) is 17.9 Å². The SMILES string of the molecule is CCCCCCCCC1=CSCN1CC(=O)c1cc(-c2ccccc2)no1. The van der Waals surface area contributed by atoms with E-state index in [-0.39, 0.29) is 5.78 Å². The van der Waals surface area contributed by atoms with Crippen LogP contribution in [0.2, 0.25) is 0 Å². The van der Waals surface area contributed by atoms with Crippen molar-refractivity contribution >= 4 is 17.5 Å². The second-order valence-corrected chi connectivity index (χ2v) is 7.81. The van der Waals surface area contributed by atoms with Crippen molar-refractivity contribution in [2.45, 2.75) is 51.9 Å². The first-order chi connectivity index (χ1) is 13.3. The van der Waals surface area contributed by atoms with Crippen LogP contribution in [0.5, 0.6) is 0 Å². The molecule has 0 aliphatic carbocycles. The predicted molar refractivity (Wildman–Crippen MR) is 112 cm³/mol. The van der Waals surface area contributed by atoms with E-state index in [0.29, 0.717) is 18.0 Å². The van der Waals surface area contributed by atoms with E-state index in [4.69, 9.17) is 4.52 Å². The molecule has 4 nitrogen and oxygen atoms in total. The van der Waals surface area contributed by atoms with Crippen LogP contribution in [0.1, 0.15) is 62.4 Å². The Balaban J connectivity index is 1.49. The first kappa shape index (κ1) is 19.7. The van der Waals surface area contributed by atoms with E-state index in [9.17, 15) is 4.79 Å². The van der Waals surface area contributed by atoms with E-state index in [1.54, 1.807) is 17.8 Å². The molecule has 0 N–H and O–H groups in total. The fourth-order valence-electron chi connectivity index (χ4n) is 3.23. The molecule has 0 fully saturated rings. The van der Waals surface area contributed by atoms with Crippen molar-refractivity contribution in [3.05, 3.63) is 53.3 Å². The maximum atomic E-state index is 12.6. The molecule has 2 heterocycles. The molecule has 5 heteroatoms. The van der Waals surface area contributed by atoms with Gasteiger partial charge in [0.1, 0.15) is 5.69 Å². The van der Waals surface area contributed by atoms with E-state index in [1.807, 2.05) is 30.3 Å². The van der Waals surface area contributed by atoms with Crippen molar-refractivity contribution in [3.63, 3.8) is 0 Å². The number of carbonyl (C=O) groups is 1. The molecule has 1 aromatic heterocycles. The topological polar surface area (TPSA) is 46.3 Å². The maximum absolute atomic E-state index is 12.6. The Morgan fingerprint density at radius 1 is 1.15 bits per heavy atom. The number of unbranched alkanes of at least 4 members (excludes halogenated alkanes) is 5. The average Bonchev–Trinajstić information content (AvgIpc) is 3.35. The van der Waals surface area contributed by atoms with Crippen molar-refractivity contribution < 1.29 is 9.32 Å². The second kappa shape index (κ2) is 10.4. The van der Waals surface area contributed by atoms with Gasteiger partial charge >= 0.3 is 0 Å². The van der Waals surface area contributed by atoms with Crippen LogP contribution in [0.4, 0.5) is 0 Å². The van der Waals surface area contributed by atoms with Crippen molar-refractivity contribution in [3.8, 4) is 11.3 Å². The standard InChI is InChI=1S/C22H28N2O2S/c1-2-3-4-5-6-10-13-19-16-27-17-24(19)15-21(25)22-14-20(23-26-22)18-11-8-7-9-12-18/h7-9,11-12,14,16H,2-6,10,13,15,17H2,1H3. The van der Waals surface area contributed by atoms with Crippen LogP contribution in [-0.2, 0) is 0 Å². The van der Waals surface area contributed by atoms with Crippen LogP contribution in [0.15, 0.2) is 52.0 Å². The lowest BCUT2D eigenvalue weighted by molar-refractivity contribution is 0.0921. The van der Waals surface area contributed by atoms with Crippen LogP contribution in [0.25, 0.3) is 11.3 Å². The van der Waals surface area contributed by atoms with E-state index in [1.165, 1.54) is 44.2 Å². The largest absolute Gasteiger partial charge is 0.357 e. The zero-order valence-electron chi connectivity index (χ0n) is 16.0. The van der Waals surface area contributed by atoms with Gasteiger partial charge in [0.2, 0.25) is 11.5 Å². The summed E-state index contributed by atoms with van der Waals surface area (Å²) in [6.07, 6.45) is 8.79. The summed E-state index contributed by atoms with van der Waals surface area (Å²) in [5, 5.41) is 6.26. The Bertz CT molecular complexity index is 755.